The van der Waals surface area contributed by atoms with Crippen molar-refractivity contribution in [3.63, 3.8) is 0 Å². The molecule has 0 radical (unpaired) electrons. The van der Waals surface area contributed by atoms with Gasteiger partial charge in [0.05, 0.1) is 29.1 Å². The van der Waals surface area contributed by atoms with Gasteiger partial charge >= 0.3 is 11.9 Å². The maximum atomic E-state index is 12.8. The lowest BCUT2D eigenvalue weighted by molar-refractivity contribution is -0.201. The third-order valence-electron chi connectivity index (χ3n) is 8.18. The summed E-state index contributed by atoms with van der Waals surface area (Å²) in [5.74, 6) is -3.54. The molecule has 11 nitrogen and oxygen atoms in total. The summed E-state index contributed by atoms with van der Waals surface area (Å²) in [6, 6.07) is 0. The lowest BCUT2D eigenvalue weighted by atomic mass is 9.52. The van der Waals surface area contributed by atoms with Crippen molar-refractivity contribution in [1.82, 2.24) is 0 Å². The number of rotatable bonds is 2. The maximum Gasteiger partial charge on any atom is 0.338 e. The first-order valence-electron chi connectivity index (χ1n) is 10.4. The van der Waals surface area contributed by atoms with E-state index in [1.165, 1.54) is 6.92 Å². The highest BCUT2D eigenvalue weighted by molar-refractivity contribution is 5.85. The van der Waals surface area contributed by atoms with Crippen molar-refractivity contribution < 1.29 is 54.1 Å². The van der Waals surface area contributed by atoms with Gasteiger partial charge in [0.15, 0.2) is 18.5 Å². The minimum Gasteiger partial charge on any atom is -0.457 e. The molecule has 4 saturated heterocycles. The lowest BCUT2D eigenvalue weighted by Crippen LogP contribution is -2.64. The van der Waals surface area contributed by atoms with Crippen LogP contribution in [0.25, 0.3) is 0 Å². The standard InChI is InChI=1S/C20H28O11/c1-5-6(21)8(28-14(5)25)10(23)20-12-7(22)9(18(2,3)4)19(20)11(24)15(26)31-17(19)30-13(20)16(27)29-12/h5-14,17,21-25H,1-4H3/t5-,6+,7+,8?,9-,10-,11-,12?,13?,14-,17?,19?,20?/m0/s1. The molecule has 0 bridgehead atoms. The smallest absolute Gasteiger partial charge is 0.338 e. The molecule has 5 aliphatic rings. The van der Waals surface area contributed by atoms with Gasteiger partial charge in [0.1, 0.15) is 12.2 Å². The summed E-state index contributed by atoms with van der Waals surface area (Å²) in [6.45, 7) is 6.87. The molecule has 0 aromatic carbocycles. The van der Waals surface area contributed by atoms with E-state index in [4.69, 9.17) is 18.9 Å². The number of aliphatic hydroxyl groups is 5. The van der Waals surface area contributed by atoms with E-state index in [9.17, 15) is 35.1 Å². The van der Waals surface area contributed by atoms with Gasteiger partial charge in [-0.2, -0.15) is 0 Å². The van der Waals surface area contributed by atoms with Crippen LogP contribution < -0.4 is 0 Å². The maximum absolute atomic E-state index is 12.8. The molecule has 4 aliphatic heterocycles. The summed E-state index contributed by atoms with van der Waals surface area (Å²) in [5, 5.41) is 54.9. The Morgan fingerprint density at radius 3 is 2.16 bits per heavy atom. The second-order valence-electron chi connectivity index (χ2n) is 10.5. The van der Waals surface area contributed by atoms with E-state index in [1.807, 2.05) is 0 Å². The Balaban J connectivity index is 1.76. The van der Waals surface area contributed by atoms with Gasteiger partial charge < -0.3 is 44.5 Å². The van der Waals surface area contributed by atoms with Crippen LogP contribution in [0.15, 0.2) is 0 Å². The summed E-state index contributed by atoms with van der Waals surface area (Å²) in [6.07, 6.45) is -13.3. The highest BCUT2D eigenvalue weighted by atomic mass is 16.7. The number of carbonyl (C=O) groups excluding carboxylic acids is 2. The Morgan fingerprint density at radius 1 is 0.968 bits per heavy atom. The van der Waals surface area contributed by atoms with Gasteiger partial charge in [-0.25, -0.2) is 9.59 Å². The van der Waals surface area contributed by atoms with Crippen LogP contribution >= 0.6 is 0 Å². The molecule has 0 aromatic rings. The molecule has 1 aliphatic carbocycles. The molecule has 5 rings (SSSR count). The lowest BCUT2D eigenvalue weighted by Gasteiger charge is -2.48. The molecule has 13 atom stereocenters. The van der Waals surface area contributed by atoms with Crippen LogP contribution in [0.2, 0.25) is 0 Å². The number of carbonyl (C=O) groups is 2. The predicted octanol–water partition coefficient (Wildman–Crippen LogP) is -2.36. The summed E-state index contributed by atoms with van der Waals surface area (Å²) in [4.78, 5) is 25.3. The van der Waals surface area contributed by atoms with E-state index in [2.05, 4.69) is 0 Å². The second-order valence-corrected chi connectivity index (χ2v) is 10.5. The number of esters is 2. The molecule has 11 heteroatoms. The number of hydrogen-bond acceptors (Lipinski definition) is 11. The minimum absolute atomic E-state index is 0.754. The fraction of sp³-hybridized carbons (Fsp3) is 0.900. The molecule has 1 spiro atoms. The monoisotopic (exact) mass is 444 g/mol. The Kier molecular flexibility index (Phi) is 4.27. The Morgan fingerprint density at radius 2 is 1.61 bits per heavy atom. The van der Waals surface area contributed by atoms with Crippen LogP contribution in [0, 0.1) is 28.1 Å². The predicted molar refractivity (Wildman–Crippen MR) is 96.5 cm³/mol. The third-order valence-corrected chi connectivity index (χ3v) is 8.18. The summed E-state index contributed by atoms with van der Waals surface area (Å²) < 4.78 is 22.0. The van der Waals surface area contributed by atoms with Crippen molar-refractivity contribution in [3.8, 4) is 0 Å². The van der Waals surface area contributed by atoms with Crippen LogP contribution in [0.1, 0.15) is 27.7 Å². The quantitative estimate of drug-likeness (QED) is 0.288. The highest BCUT2D eigenvalue weighted by Crippen LogP contribution is 2.76. The van der Waals surface area contributed by atoms with E-state index in [-0.39, 0.29) is 0 Å². The van der Waals surface area contributed by atoms with Crippen LogP contribution in [0.5, 0.6) is 0 Å². The number of hydrogen-bond donors (Lipinski definition) is 5. The zero-order valence-electron chi connectivity index (χ0n) is 17.5. The highest BCUT2D eigenvalue weighted by Gasteiger charge is 2.92. The fourth-order valence-electron chi connectivity index (χ4n) is 7.14. The van der Waals surface area contributed by atoms with E-state index in [1.54, 1.807) is 20.8 Å². The molecule has 5 N–H and O–H groups in total. The van der Waals surface area contributed by atoms with Crippen LogP contribution in [0.4, 0.5) is 0 Å². The van der Waals surface area contributed by atoms with Gasteiger partial charge in [0.2, 0.25) is 6.29 Å². The van der Waals surface area contributed by atoms with Gasteiger partial charge in [-0.05, 0) is 5.41 Å². The molecule has 4 heterocycles. The van der Waals surface area contributed by atoms with Crippen LogP contribution in [0.3, 0.4) is 0 Å². The normalized spacial score (nSPS) is 56.4. The molecule has 5 fully saturated rings. The second kappa shape index (κ2) is 6.16. The van der Waals surface area contributed by atoms with Crippen molar-refractivity contribution in [2.24, 2.45) is 28.1 Å². The van der Waals surface area contributed by atoms with Crippen molar-refractivity contribution in [2.45, 2.75) is 83.0 Å². The number of ether oxygens (including phenoxy) is 4. The van der Waals surface area contributed by atoms with Crippen molar-refractivity contribution in [3.05, 3.63) is 0 Å². The first kappa shape index (κ1) is 21.5. The molecule has 0 amide bonds. The zero-order chi connectivity index (χ0) is 22.8. The Bertz CT molecular complexity index is 824. The van der Waals surface area contributed by atoms with E-state index >= 15 is 0 Å². The number of aliphatic hydroxyl groups excluding tert-OH is 5. The average molecular weight is 444 g/mol. The van der Waals surface area contributed by atoms with Gasteiger partial charge in [0.25, 0.3) is 0 Å². The van der Waals surface area contributed by atoms with Gasteiger partial charge in [-0.1, -0.05) is 27.7 Å². The summed E-state index contributed by atoms with van der Waals surface area (Å²) >= 11 is 0. The van der Waals surface area contributed by atoms with E-state index in [0.717, 1.165) is 0 Å². The molecule has 174 valence electrons. The largest absolute Gasteiger partial charge is 0.457 e. The van der Waals surface area contributed by atoms with Crippen molar-refractivity contribution in [2.75, 3.05) is 0 Å². The van der Waals surface area contributed by atoms with Crippen molar-refractivity contribution in [1.29, 1.82) is 0 Å². The first-order chi connectivity index (χ1) is 14.3. The fourth-order valence-corrected chi connectivity index (χ4v) is 7.14. The molecular formula is C20H28O11. The summed E-state index contributed by atoms with van der Waals surface area (Å²) in [5.41, 5.74) is -4.38. The molecule has 31 heavy (non-hydrogen) atoms. The molecule has 0 aromatic heterocycles. The van der Waals surface area contributed by atoms with Gasteiger partial charge in [-0.3, -0.25) is 0 Å². The summed E-state index contributed by atoms with van der Waals surface area (Å²) in [7, 11) is 0. The zero-order valence-corrected chi connectivity index (χ0v) is 17.5. The minimum atomic E-state index is -1.87. The third kappa shape index (κ3) is 2.14. The average Bonchev–Trinajstić information content (AvgIpc) is 3.35. The molecule has 6 unspecified atom stereocenters. The van der Waals surface area contributed by atoms with Gasteiger partial charge in [0, 0.05) is 11.8 Å². The van der Waals surface area contributed by atoms with Crippen LogP contribution in [-0.4, -0.2) is 92.8 Å². The topological polar surface area (TPSA) is 172 Å². The Labute approximate surface area is 177 Å². The van der Waals surface area contributed by atoms with Crippen LogP contribution in [-0.2, 0) is 28.5 Å². The van der Waals surface area contributed by atoms with Crippen molar-refractivity contribution >= 4 is 11.9 Å². The van der Waals surface area contributed by atoms with E-state index < -0.39 is 95.3 Å². The SMILES string of the molecule is C[C@@H]1[C@@H](O)OC([C@H](O)C23C4OC5OC(=O)[C@H](O)C52[C@H](C(C)(C)C)[C@@H](O)C3OC4=O)[C@@H]1O. The van der Waals surface area contributed by atoms with Gasteiger partial charge in [-0.15, -0.1) is 0 Å². The first-order valence-corrected chi connectivity index (χ1v) is 10.4. The molecular weight excluding hydrogens is 416 g/mol. The Hall–Kier alpha value is -1.34. The molecule has 1 saturated carbocycles. The van der Waals surface area contributed by atoms with E-state index in [0.29, 0.717) is 0 Å².